The zero-order chi connectivity index (χ0) is 12.1. The molecule has 0 bridgehead atoms. The van der Waals surface area contributed by atoms with Crippen LogP contribution in [0.25, 0.3) is 0 Å². The van der Waals surface area contributed by atoms with Crippen molar-refractivity contribution in [2.24, 2.45) is 0 Å². The first-order valence-corrected chi connectivity index (χ1v) is 7.50. The molecule has 2 nitrogen and oxygen atoms in total. The molecule has 1 aliphatic rings. The maximum absolute atomic E-state index is 3.49. The molecule has 0 aromatic heterocycles. The molecule has 1 saturated heterocycles. The Hall–Kier alpha value is -0.670. The predicted octanol–water partition coefficient (Wildman–Crippen LogP) is 2.84. The molecule has 0 spiro atoms. The number of hydrogen-bond donors (Lipinski definition) is 1. The van der Waals surface area contributed by atoms with Crippen molar-refractivity contribution in [3.8, 4) is 0 Å². The number of thioether (sulfide) groups is 1. The van der Waals surface area contributed by atoms with Crippen LogP contribution in [-0.4, -0.2) is 42.6 Å². The molecule has 0 saturated carbocycles. The van der Waals surface area contributed by atoms with E-state index in [1.54, 1.807) is 0 Å². The smallest absolute Gasteiger partial charge is 0.0343 e. The Morgan fingerprint density at radius 2 is 2.35 bits per heavy atom. The van der Waals surface area contributed by atoms with Gasteiger partial charge in [-0.25, -0.2) is 0 Å². The molecule has 1 heterocycles. The third kappa shape index (κ3) is 3.93. The number of anilines is 1. The fourth-order valence-corrected chi connectivity index (χ4v) is 3.48. The summed E-state index contributed by atoms with van der Waals surface area (Å²) in [5.41, 5.74) is 2.55. The summed E-state index contributed by atoms with van der Waals surface area (Å²) in [7, 11) is 2.24. The first kappa shape index (κ1) is 12.8. The molecular weight excluding hydrogens is 228 g/mol. The lowest BCUT2D eigenvalue weighted by Gasteiger charge is -2.23. The monoisotopic (exact) mass is 250 g/mol. The number of nitrogens with one attached hydrogen (secondary N) is 1. The Morgan fingerprint density at radius 1 is 1.47 bits per heavy atom. The number of rotatable bonds is 5. The molecule has 1 aromatic rings. The fourth-order valence-electron chi connectivity index (χ4n) is 2.18. The van der Waals surface area contributed by atoms with Crippen molar-refractivity contribution in [2.45, 2.75) is 19.4 Å². The summed E-state index contributed by atoms with van der Waals surface area (Å²) in [6, 6.07) is 9.37. The van der Waals surface area contributed by atoms with Gasteiger partial charge in [0.1, 0.15) is 0 Å². The Kier molecular flexibility index (Phi) is 4.75. The molecule has 3 heteroatoms. The lowest BCUT2D eigenvalue weighted by molar-refractivity contribution is 0.272. The van der Waals surface area contributed by atoms with Gasteiger partial charge in [-0.1, -0.05) is 12.1 Å². The molecule has 0 amide bonds. The summed E-state index contributed by atoms with van der Waals surface area (Å²) in [4.78, 5) is 2.49. The second-order valence-corrected chi connectivity index (χ2v) is 5.94. The number of hydrogen-bond acceptors (Lipinski definition) is 3. The molecule has 0 radical (unpaired) electrons. The quantitative estimate of drug-likeness (QED) is 0.865. The van der Waals surface area contributed by atoms with Crippen molar-refractivity contribution in [3.05, 3.63) is 29.8 Å². The van der Waals surface area contributed by atoms with Crippen molar-refractivity contribution in [1.82, 2.24) is 4.90 Å². The van der Waals surface area contributed by atoms with Crippen LogP contribution in [0.2, 0.25) is 0 Å². The van der Waals surface area contributed by atoms with Crippen LogP contribution in [0.5, 0.6) is 0 Å². The van der Waals surface area contributed by atoms with Crippen LogP contribution in [0, 0.1) is 6.92 Å². The van der Waals surface area contributed by atoms with Crippen molar-refractivity contribution in [3.63, 3.8) is 0 Å². The highest BCUT2D eigenvalue weighted by Crippen LogP contribution is 2.21. The van der Waals surface area contributed by atoms with Crippen molar-refractivity contribution < 1.29 is 0 Å². The van der Waals surface area contributed by atoms with E-state index >= 15 is 0 Å². The van der Waals surface area contributed by atoms with E-state index < -0.39 is 0 Å². The molecule has 1 fully saturated rings. The Labute approximate surface area is 109 Å². The van der Waals surface area contributed by atoms with Crippen molar-refractivity contribution >= 4 is 17.4 Å². The van der Waals surface area contributed by atoms with E-state index in [-0.39, 0.29) is 0 Å². The van der Waals surface area contributed by atoms with Crippen LogP contribution in [-0.2, 0) is 0 Å². The molecule has 1 unspecified atom stereocenters. The number of benzene rings is 1. The molecule has 1 N–H and O–H groups in total. The second kappa shape index (κ2) is 6.31. The van der Waals surface area contributed by atoms with Gasteiger partial charge in [0.25, 0.3) is 0 Å². The molecule has 17 heavy (non-hydrogen) atoms. The molecule has 0 aliphatic carbocycles. The summed E-state index contributed by atoms with van der Waals surface area (Å²) >= 11 is 2.08. The molecule has 1 aromatic carbocycles. The van der Waals surface area contributed by atoms with Crippen molar-refractivity contribution in [2.75, 3.05) is 37.0 Å². The molecule has 1 aliphatic heterocycles. The minimum absolute atomic E-state index is 0.791. The topological polar surface area (TPSA) is 15.3 Å². The highest BCUT2D eigenvalue weighted by molar-refractivity contribution is 7.99. The van der Waals surface area contributed by atoms with Gasteiger partial charge in [0, 0.05) is 30.6 Å². The Morgan fingerprint density at radius 3 is 3.06 bits per heavy atom. The van der Waals surface area contributed by atoms with E-state index in [1.165, 1.54) is 29.2 Å². The number of nitrogens with zero attached hydrogens (tertiary/aromatic N) is 1. The third-order valence-electron chi connectivity index (χ3n) is 3.34. The van der Waals surface area contributed by atoms with Gasteiger partial charge in [0.2, 0.25) is 0 Å². The van der Waals surface area contributed by atoms with Crippen molar-refractivity contribution in [1.29, 1.82) is 0 Å². The van der Waals surface area contributed by atoms with Gasteiger partial charge >= 0.3 is 0 Å². The zero-order valence-electron chi connectivity index (χ0n) is 10.8. The van der Waals surface area contributed by atoms with Crippen LogP contribution < -0.4 is 5.32 Å². The normalized spacial score (nSPS) is 19.8. The molecule has 1 atom stereocenters. The SMILES string of the molecule is Cc1cccc(NCCN(C)C2CCSC2)c1. The van der Waals surface area contributed by atoms with Gasteiger partial charge in [-0.15, -0.1) is 0 Å². The Bertz CT molecular complexity index is 348. The summed E-state index contributed by atoms with van der Waals surface area (Å²) < 4.78 is 0. The van der Waals surface area contributed by atoms with Gasteiger partial charge in [0.15, 0.2) is 0 Å². The highest BCUT2D eigenvalue weighted by Gasteiger charge is 2.19. The summed E-state index contributed by atoms with van der Waals surface area (Å²) in [6.07, 6.45) is 1.35. The van der Waals surface area contributed by atoms with Crippen LogP contribution in [0.1, 0.15) is 12.0 Å². The minimum Gasteiger partial charge on any atom is -0.384 e. The van der Waals surface area contributed by atoms with Gasteiger partial charge in [0.05, 0.1) is 0 Å². The minimum atomic E-state index is 0.791. The number of aryl methyl sites for hydroxylation is 1. The van der Waals surface area contributed by atoms with Crippen LogP contribution in [0.4, 0.5) is 5.69 Å². The first-order chi connectivity index (χ1) is 8.25. The highest BCUT2D eigenvalue weighted by atomic mass is 32.2. The maximum Gasteiger partial charge on any atom is 0.0343 e. The van der Waals surface area contributed by atoms with E-state index in [4.69, 9.17) is 0 Å². The Balaban J connectivity index is 1.71. The zero-order valence-corrected chi connectivity index (χ0v) is 11.6. The predicted molar refractivity (Wildman–Crippen MR) is 78.0 cm³/mol. The average Bonchev–Trinajstić information content (AvgIpc) is 2.82. The van der Waals surface area contributed by atoms with Crippen LogP contribution in [0.15, 0.2) is 24.3 Å². The fraction of sp³-hybridized carbons (Fsp3) is 0.571. The van der Waals surface area contributed by atoms with E-state index in [2.05, 4.69) is 60.2 Å². The standard InChI is InChI=1S/C14H22N2S/c1-12-4-3-5-13(10-12)15-7-8-16(2)14-6-9-17-11-14/h3-5,10,14-15H,6-9,11H2,1-2H3. The molecule has 2 rings (SSSR count). The molecule has 94 valence electrons. The average molecular weight is 250 g/mol. The van der Waals surface area contributed by atoms with Crippen LogP contribution >= 0.6 is 11.8 Å². The van der Waals surface area contributed by atoms with E-state index in [1.807, 2.05) is 0 Å². The first-order valence-electron chi connectivity index (χ1n) is 6.34. The van der Waals surface area contributed by atoms with Crippen LogP contribution in [0.3, 0.4) is 0 Å². The van der Waals surface area contributed by atoms with E-state index in [9.17, 15) is 0 Å². The number of likely N-dealkylation sites (N-methyl/N-ethyl adjacent to an activating group) is 1. The maximum atomic E-state index is 3.49. The van der Waals surface area contributed by atoms with E-state index in [0.29, 0.717) is 0 Å². The third-order valence-corrected chi connectivity index (χ3v) is 4.49. The molecular formula is C14H22N2S. The summed E-state index contributed by atoms with van der Waals surface area (Å²) in [5.74, 6) is 2.64. The summed E-state index contributed by atoms with van der Waals surface area (Å²) in [6.45, 7) is 4.29. The van der Waals surface area contributed by atoms with Gasteiger partial charge in [-0.3, -0.25) is 0 Å². The van der Waals surface area contributed by atoms with Gasteiger partial charge < -0.3 is 10.2 Å². The largest absolute Gasteiger partial charge is 0.384 e. The lowest BCUT2D eigenvalue weighted by atomic mass is 10.2. The second-order valence-electron chi connectivity index (χ2n) is 4.79. The lowest BCUT2D eigenvalue weighted by Crippen LogP contribution is -2.35. The van der Waals surface area contributed by atoms with Gasteiger partial charge in [-0.2, -0.15) is 11.8 Å². The van der Waals surface area contributed by atoms with Gasteiger partial charge in [-0.05, 0) is 43.8 Å². The summed E-state index contributed by atoms with van der Waals surface area (Å²) in [5, 5.41) is 3.49. The van der Waals surface area contributed by atoms with E-state index in [0.717, 1.165) is 19.1 Å².